The van der Waals surface area contributed by atoms with E-state index in [-0.39, 0.29) is 5.92 Å². The normalized spacial score (nSPS) is 10.6. The Bertz CT molecular complexity index is 302. The number of halogens is 1. The Hall–Kier alpha value is -0.830. The van der Waals surface area contributed by atoms with Crippen molar-refractivity contribution in [2.75, 3.05) is 6.61 Å². The molecule has 0 fully saturated rings. The number of nitrogens with zero attached hydrogens (tertiary/aromatic N) is 2. The fourth-order valence-corrected chi connectivity index (χ4v) is 1.50. The third-order valence-electron chi connectivity index (χ3n) is 1.82. The second-order valence-corrected chi connectivity index (χ2v) is 3.74. The smallest absolute Gasteiger partial charge is 0.221 e. The fraction of sp³-hybridized carbons (Fsp3) is 0.600. The lowest BCUT2D eigenvalue weighted by Gasteiger charge is -2.12. The molecule has 0 atom stereocenters. The van der Waals surface area contributed by atoms with Gasteiger partial charge in [-0.2, -0.15) is 0 Å². The molecule has 14 heavy (non-hydrogen) atoms. The molecule has 0 saturated heterocycles. The first-order valence-electron chi connectivity index (χ1n) is 4.80. The van der Waals surface area contributed by atoms with Gasteiger partial charge in [0.2, 0.25) is 5.88 Å². The SMILES string of the molecule is CCCOc1ncnc(Cl)c1C(C)C. The second-order valence-electron chi connectivity index (χ2n) is 3.39. The van der Waals surface area contributed by atoms with Gasteiger partial charge in [-0.15, -0.1) is 0 Å². The van der Waals surface area contributed by atoms with E-state index >= 15 is 0 Å². The number of hydrogen-bond donors (Lipinski definition) is 0. The molecule has 0 bridgehead atoms. The predicted octanol–water partition coefficient (Wildman–Crippen LogP) is 3.04. The highest BCUT2D eigenvalue weighted by atomic mass is 35.5. The molecule has 1 aromatic rings. The molecule has 0 amide bonds. The van der Waals surface area contributed by atoms with Gasteiger partial charge in [0.25, 0.3) is 0 Å². The zero-order valence-corrected chi connectivity index (χ0v) is 9.51. The minimum Gasteiger partial charge on any atom is -0.477 e. The maximum atomic E-state index is 5.97. The van der Waals surface area contributed by atoms with Crippen LogP contribution in [-0.4, -0.2) is 16.6 Å². The van der Waals surface area contributed by atoms with Crippen LogP contribution >= 0.6 is 11.6 Å². The van der Waals surface area contributed by atoms with Gasteiger partial charge in [-0.1, -0.05) is 32.4 Å². The first kappa shape index (κ1) is 11.2. The molecule has 78 valence electrons. The Morgan fingerprint density at radius 1 is 1.43 bits per heavy atom. The Morgan fingerprint density at radius 3 is 2.71 bits per heavy atom. The molecule has 0 unspecified atom stereocenters. The highest BCUT2D eigenvalue weighted by Gasteiger charge is 2.14. The van der Waals surface area contributed by atoms with Crippen LogP contribution in [0.15, 0.2) is 6.33 Å². The van der Waals surface area contributed by atoms with Crippen LogP contribution in [0.1, 0.15) is 38.7 Å². The van der Waals surface area contributed by atoms with E-state index in [1.165, 1.54) is 6.33 Å². The van der Waals surface area contributed by atoms with Crippen molar-refractivity contribution in [3.05, 3.63) is 17.0 Å². The largest absolute Gasteiger partial charge is 0.477 e. The molecule has 1 heterocycles. The number of hydrogen-bond acceptors (Lipinski definition) is 3. The summed E-state index contributed by atoms with van der Waals surface area (Å²) in [6.45, 7) is 6.80. The summed E-state index contributed by atoms with van der Waals surface area (Å²) in [4.78, 5) is 8.02. The van der Waals surface area contributed by atoms with Gasteiger partial charge in [0, 0.05) is 0 Å². The summed E-state index contributed by atoms with van der Waals surface area (Å²) in [6.07, 6.45) is 2.39. The third-order valence-corrected chi connectivity index (χ3v) is 2.12. The van der Waals surface area contributed by atoms with Crippen LogP contribution in [0.25, 0.3) is 0 Å². The minimum absolute atomic E-state index is 0.274. The summed E-state index contributed by atoms with van der Waals surface area (Å²) >= 11 is 5.97. The molecule has 0 radical (unpaired) electrons. The van der Waals surface area contributed by atoms with E-state index in [1.54, 1.807) is 0 Å². The van der Waals surface area contributed by atoms with E-state index < -0.39 is 0 Å². The predicted molar refractivity (Wildman–Crippen MR) is 56.9 cm³/mol. The number of ether oxygens (including phenoxy) is 1. The van der Waals surface area contributed by atoms with Gasteiger partial charge in [0.1, 0.15) is 11.5 Å². The van der Waals surface area contributed by atoms with Crippen molar-refractivity contribution in [2.45, 2.75) is 33.1 Å². The molecule has 0 aliphatic carbocycles. The molecular weight excluding hydrogens is 200 g/mol. The molecule has 1 aromatic heterocycles. The van der Waals surface area contributed by atoms with Crippen LogP contribution in [0, 0.1) is 0 Å². The highest BCUT2D eigenvalue weighted by molar-refractivity contribution is 6.30. The molecular formula is C10H15ClN2O. The third kappa shape index (κ3) is 2.58. The van der Waals surface area contributed by atoms with Crippen molar-refractivity contribution in [2.24, 2.45) is 0 Å². The van der Waals surface area contributed by atoms with Crippen LogP contribution in [0.3, 0.4) is 0 Å². The van der Waals surface area contributed by atoms with Crippen molar-refractivity contribution in [1.82, 2.24) is 9.97 Å². The first-order chi connectivity index (χ1) is 6.66. The standard InChI is InChI=1S/C10H15ClN2O/c1-4-5-14-10-8(7(2)3)9(11)12-6-13-10/h6-7H,4-5H2,1-3H3. The van der Waals surface area contributed by atoms with E-state index in [0.29, 0.717) is 17.6 Å². The fourth-order valence-electron chi connectivity index (χ4n) is 1.16. The molecule has 4 heteroatoms. The van der Waals surface area contributed by atoms with Gasteiger partial charge in [-0.3, -0.25) is 0 Å². The van der Waals surface area contributed by atoms with E-state index in [4.69, 9.17) is 16.3 Å². The van der Waals surface area contributed by atoms with Crippen LogP contribution in [-0.2, 0) is 0 Å². The summed E-state index contributed by atoms with van der Waals surface area (Å²) in [5, 5.41) is 0.487. The topological polar surface area (TPSA) is 35.0 Å². The Kier molecular flexibility index (Phi) is 4.14. The molecule has 0 spiro atoms. The summed E-state index contributed by atoms with van der Waals surface area (Å²) in [5.74, 6) is 0.886. The van der Waals surface area contributed by atoms with Gasteiger partial charge < -0.3 is 4.74 Å². The summed E-state index contributed by atoms with van der Waals surface area (Å²) in [5.41, 5.74) is 0.891. The molecule has 0 aliphatic heterocycles. The monoisotopic (exact) mass is 214 g/mol. The Balaban J connectivity index is 2.96. The van der Waals surface area contributed by atoms with Crippen molar-refractivity contribution < 1.29 is 4.74 Å². The second kappa shape index (κ2) is 5.15. The molecule has 0 aliphatic rings. The van der Waals surface area contributed by atoms with Crippen molar-refractivity contribution in [3.63, 3.8) is 0 Å². The van der Waals surface area contributed by atoms with Crippen molar-refractivity contribution in [3.8, 4) is 5.88 Å². The van der Waals surface area contributed by atoms with Gasteiger partial charge in [0.15, 0.2) is 0 Å². The summed E-state index contributed by atoms with van der Waals surface area (Å²) in [7, 11) is 0. The lowest BCUT2D eigenvalue weighted by Crippen LogP contribution is -2.04. The van der Waals surface area contributed by atoms with Crippen molar-refractivity contribution >= 4 is 11.6 Å². The molecule has 0 aromatic carbocycles. The first-order valence-corrected chi connectivity index (χ1v) is 5.17. The van der Waals surface area contributed by atoms with Crippen molar-refractivity contribution in [1.29, 1.82) is 0 Å². The van der Waals surface area contributed by atoms with E-state index in [0.717, 1.165) is 12.0 Å². The van der Waals surface area contributed by atoms with Gasteiger partial charge in [-0.25, -0.2) is 9.97 Å². The lowest BCUT2D eigenvalue weighted by molar-refractivity contribution is 0.300. The minimum atomic E-state index is 0.274. The number of aromatic nitrogens is 2. The maximum Gasteiger partial charge on any atom is 0.221 e. The molecule has 0 saturated carbocycles. The Labute approximate surface area is 89.5 Å². The van der Waals surface area contributed by atoms with Gasteiger partial charge in [0.05, 0.1) is 12.2 Å². The van der Waals surface area contributed by atoms with Crippen LogP contribution < -0.4 is 4.74 Å². The van der Waals surface area contributed by atoms with E-state index in [9.17, 15) is 0 Å². The van der Waals surface area contributed by atoms with Crippen LogP contribution in [0.5, 0.6) is 5.88 Å². The maximum absolute atomic E-state index is 5.97. The molecule has 1 rings (SSSR count). The quantitative estimate of drug-likeness (QED) is 0.723. The summed E-state index contributed by atoms with van der Waals surface area (Å²) < 4.78 is 5.49. The molecule has 0 N–H and O–H groups in total. The Morgan fingerprint density at radius 2 is 2.14 bits per heavy atom. The van der Waals surface area contributed by atoms with E-state index in [2.05, 4.69) is 16.9 Å². The summed E-state index contributed by atoms with van der Waals surface area (Å²) in [6, 6.07) is 0. The lowest BCUT2D eigenvalue weighted by atomic mass is 10.1. The van der Waals surface area contributed by atoms with Crippen LogP contribution in [0.4, 0.5) is 0 Å². The highest BCUT2D eigenvalue weighted by Crippen LogP contribution is 2.29. The average Bonchev–Trinajstić information content (AvgIpc) is 2.14. The number of rotatable bonds is 4. The average molecular weight is 215 g/mol. The van der Waals surface area contributed by atoms with E-state index in [1.807, 2.05) is 13.8 Å². The van der Waals surface area contributed by atoms with Crippen LogP contribution in [0.2, 0.25) is 5.15 Å². The van der Waals surface area contributed by atoms with Gasteiger partial charge in [-0.05, 0) is 12.3 Å². The molecule has 3 nitrogen and oxygen atoms in total. The zero-order valence-electron chi connectivity index (χ0n) is 8.75. The van der Waals surface area contributed by atoms with Gasteiger partial charge >= 0.3 is 0 Å². The zero-order chi connectivity index (χ0) is 10.6.